The molecule has 0 aliphatic rings. The lowest BCUT2D eigenvalue weighted by Gasteiger charge is -2.03. The number of aliphatic imine (C=N–C) groups is 1. The molecule has 1 nitrogen and oxygen atoms in total. The zero-order valence-electron chi connectivity index (χ0n) is 8.66. The predicted octanol–water partition coefficient (Wildman–Crippen LogP) is 3.64. The standard InChI is InChI=1S/C12H15NS/c1-4-13-12(14-5-2)11-8-6-10(3)7-9-11/h4,6-9H,1,5H2,2-3H3. The van der Waals surface area contributed by atoms with Gasteiger partial charge < -0.3 is 0 Å². The number of rotatable bonds is 3. The van der Waals surface area contributed by atoms with Gasteiger partial charge >= 0.3 is 0 Å². The van der Waals surface area contributed by atoms with Crippen LogP contribution in [0.1, 0.15) is 18.1 Å². The van der Waals surface area contributed by atoms with Crippen molar-refractivity contribution < 1.29 is 0 Å². The van der Waals surface area contributed by atoms with Crippen LogP contribution in [-0.2, 0) is 0 Å². The molecular formula is C12H15NS. The van der Waals surface area contributed by atoms with Crippen LogP contribution in [0.25, 0.3) is 0 Å². The molecule has 0 aromatic heterocycles. The summed E-state index contributed by atoms with van der Waals surface area (Å²) >= 11 is 1.74. The number of benzene rings is 1. The van der Waals surface area contributed by atoms with Gasteiger partial charge in [0.05, 0.1) is 0 Å². The first-order valence-electron chi connectivity index (χ1n) is 4.66. The van der Waals surface area contributed by atoms with E-state index in [2.05, 4.69) is 49.7 Å². The van der Waals surface area contributed by atoms with Crippen LogP contribution in [0.3, 0.4) is 0 Å². The molecule has 0 unspecified atom stereocenters. The van der Waals surface area contributed by atoms with Crippen molar-refractivity contribution >= 4 is 16.8 Å². The molecule has 74 valence electrons. The summed E-state index contributed by atoms with van der Waals surface area (Å²) in [5, 5.41) is 1.04. The Hall–Kier alpha value is -1.02. The van der Waals surface area contributed by atoms with Gasteiger partial charge in [-0.05, 0) is 12.7 Å². The topological polar surface area (TPSA) is 12.4 Å². The first-order valence-corrected chi connectivity index (χ1v) is 5.65. The minimum absolute atomic E-state index is 1.03. The first kappa shape index (κ1) is 11.1. The lowest BCUT2D eigenvalue weighted by Crippen LogP contribution is -1.95. The third-order valence-electron chi connectivity index (χ3n) is 1.79. The fourth-order valence-corrected chi connectivity index (χ4v) is 1.84. The summed E-state index contributed by atoms with van der Waals surface area (Å²) in [6.45, 7) is 7.83. The number of aryl methyl sites for hydroxylation is 1. The Morgan fingerprint density at radius 2 is 2.07 bits per heavy atom. The number of hydrogen-bond acceptors (Lipinski definition) is 2. The molecule has 2 heteroatoms. The predicted molar refractivity (Wildman–Crippen MR) is 66.0 cm³/mol. The Morgan fingerprint density at radius 3 is 2.57 bits per heavy atom. The summed E-state index contributed by atoms with van der Waals surface area (Å²) in [6.07, 6.45) is 1.60. The van der Waals surface area contributed by atoms with Gasteiger partial charge in [0.1, 0.15) is 5.04 Å². The molecule has 0 saturated carbocycles. The normalized spacial score (nSPS) is 11.4. The van der Waals surface area contributed by atoms with Gasteiger partial charge in [-0.3, -0.25) is 0 Å². The minimum Gasteiger partial charge on any atom is -0.250 e. The monoisotopic (exact) mass is 205 g/mol. The Morgan fingerprint density at radius 1 is 1.43 bits per heavy atom. The first-order chi connectivity index (χ1) is 6.77. The van der Waals surface area contributed by atoms with Gasteiger partial charge in [0.2, 0.25) is 0 Å². The highest BCUT2D eigenvalue weighted by atomic mass is 32.2. The zero-order chi connectivity index (χ0) is 10.4. The van der Waals surface area contributed by atoms with E-state index in [0.29, 0.717) is 0 Å². The van der Waals surface area contributed by atoms with Gasteiger partial charge in [0.25, 0.3) is 0 Å². The summed E-state index contributed by atoms with van der Waals surface area (Å²) < 4.78 is 0. The minimum atomic E-state index is 1.03. The largest absolute Gasteiger partial charge is 0.250 e. The molecule has 0 atom stereocenters. The summed E-state index contributed by atoms with van der Waals surface area (Å²) in [4.78, 5) is 4.26. The fraction of sp³-hybridized carbons (Fsp3) is 0.250. The average Bonchev–Trinajstić information content (AvgIpc) is 2.19. The van der Waals surface area contributed by atoms with Crippen LogP contribution in [0.2, 0.25) is 0 Å². The molecule has 0 aliphatic heterocycles. The van der Waals surface area contributed by atoms with Crippen LogP contribution in [0.4, 0.5) is 0 Å². The van der Waals surface area contributed by atoms with Crippen molar-refractivity contribution in [2.24, 2.45) is 4.99 Å². The van der Waals surface area contributed by atoms with Gasteiger partial charge in [-0.15, -0.1) is 11.8 Å². The van der Waals surface area contributed by atoms with Gasteiger partial charge in [0, 0.05) is 11.8 Å². The molecule has 0 heterocycles. The molecule has 0 fully saturated rings. The van der Waals surface area contributed by atoms with Gasteiger partial charge in [-0.1, -0.05) is 43.3 Å². The Balaban J connectivity index is 2.93. The molecule has 0 amide bonds. The highest BCUT2D eigenvalue weighted by Gasteiger charge is 2.01. The lowest BCUT2D eigenvalue weighted by atomic mass is 10.2. The third kappa shape index (κ3) is 3.04. The van der Waals surface area contributed by atoms with Crippen molar-refractivity contribution in [2.45, 2.75) is 13.8 Å². The van der Waals surface area contributed by atoms with E-state index in [4.69, 9.17) is 0 Å². The maximum Gasteiger partial charge on any atom is 0.103 e. The van der Waals surface area contributed by atoms with Crippen LogP contribution in [0.15, 0.2) is 42.0 Å². The highest BCUT2D eigenvalue weighted by molar-refractivity contribution is 8.14. The van der Waals surface area contributed by atoms with E-state index in [1.54, 1.807) is 18.0 Å². The molecule has 0 bridgehead atoms. The molecule has 1 aromatic carbocycles. The molecule has 14 heavy (non-hydrogen) atoms. The van der Waals surface area contributed by atoms with Crippen LogP contribution in [0, 0.1) is 6.92 Å². The van der Waals surface area contributed by atoms with Crippen LogP contribution in [0.5, 0.6) is 0 Å². The molecule has 0 radical (unpaired) electrons. The lowest BCUT2D eigenvalue weighted by molar-refractivity contribution is 1.46. The van der Waals surface area contributed by atoms with Crippen LogP contribution < -0.4 is 0 Å². The van der Waals surface area contributed by atoms with Crippen molar-refractivity contribution in [3.05, 3.63) is 48.2 Å². The fourth-order valence-electron chi connectivity index (χ4n) is 1.11. The van der Waals surface area contributed by atoms with Crippen molar-refractivity contribution in [3.8, 4) is 0 Å². The SMILES string of the molecule is C=CN=C(SCC)c1ccc(C)cc1. The molecule has 1 rings (SSSR count). The zero-order valence-corrected chi connectivity index (χ0v) is 9.47. The summed E-state index contributed by atoms with van der Waals surface area (Å²) in [5.74, 6) is 1.03. The van der Waals surface area contributed by atoms with Crippen molar-refractivity contribution in [1.82, 2.24) is 0 Å². The summed E-state index contributed by atoms with van der Waals surface area (Å²) in [7, 11) is 0. The van der Waals surface area contributed by atoms with Crippen LogP contribution in [-0.4, -0.2) is 10.8 Å². The van der Waals surface area contributed by atoms with Gasteiger partial charge in [-0.2, -0.15) is 0 Å². The van der Waals surface area contributed by atoms with Crippen LogP contribution >= 0.6 is 11.8 Å². The molecule has 1 aromatic rings. The van der Waals surface area contributed by atoms with Crippen molar-refractivity contribution in [2.75, 3.05) is 5.75 Å². The quantitative estimate of drug-likeness (QED) is 0.542. The second kappa shape index (κ2) is 5.66. The molecule has 0 N–H and O–H groups in total. The Bertz CT molecular complexity index is 325. The molecular weight excluding hydrogens is 190 g/mol. The van der Waals surface area contributed by atoms with E-state index >= 15 is 0 Å². The van der Waals surface area contributed by atoms with E-state index in [1.165, 1.54) is 11.1 Å². The Labute approximate surface area is 89.9 Å². The van der Waals surface area contributed by atoms with E-state index in [1.807, 2.05) is 0 Å². The molecule has 0 saturated heterocycles. The van der Waals surface area contributed by atoms with Crippen molar-refractivity contribution in [1.29, 1.82) is 0 Å². The summed E-state index contributed by atoms with van der Waals surface area (Å²) in [5.41, 5.74) is 2.44. The third-order valence-corrected chi connectivity index (χ3v) is 2.69. The average molecular weight is 205 g/mol. The highest BCUT2D eigenvalue weighted by Crippen LogP contribution is 2.14. The van der Waals surface area contributed by atoms with E-state index in [9.17, 15) is 0 Å². The molecule has 0 spiro atoms. The number of nitrogens with zero attached hydrogens (tertiary/aromatic N) is 1. The second-order valence-corrected chi connectivity index (χ2v) is 4.17. The Kier molecular flexibility index (Phi) is 4.47. The second-order valence-electron chi connectivity index (χ2n) is 2.92. The summed E-state index contributed by atoms with van der Waals surface area (Å²) in [6, 6.07) is 8.40. The maximum atomic E-state index is 4.26. The van der Waals surface area contributed by atoms with E-state index in [0.717, 1.165) is 10.8 Å². The van der Waals surface area contributed by atoms with Gasteiger partial charge in [-0.25, -0.2) is 4.99 Å². The molecule has 0 aliphatic carbocycles. The van der Waals surface area contributed by atoms with Gasteiger partial charge in [0.15, 0.2) is 0 Å². The number of hydrogen-bond donors (Lipinski definition) is 0. The number of thioether (sulfide) groups is 1. The van der Waals surface area contributed by atoms with E-state index < -0.39 is 0 Å². The van der Waals surface area contributed by atoms with Crippen molar-refractivity contribution in [3.63, 3.8) is 0 Å². The van der Waals surface area contributed by atoms with E-state index in [-0.39, 0.29) is 0 Å². The maximum absolute atomic E-state index is 4.26. The smallest absolute Gasteiger partial charge is 0.103 e.